The quantitative estimate of drug-likeness (QED) is 0.801. The molecule has 1 amide bonds. The lowest BCUT2D eigenvalue weighted by molar-refractivity contribution is 0.0361. The maximum atomic E-state index is 14.0. The highest BCUT2D eigenvalue weighted by atomic mass is 19.1. The molecule has 0 unspecified atom stereocenters. The van der Waals surface area contributed by atoms with Gasteiger partial charge in [-0.1, -0.05) is 18.2 Å². The number of halogens is 1. The van der Waals surface area contributed by atoms with Gasteiger partial charge in [0, 0.05) is 51.0 Å². The number of carbonyl (C=O) groups excluding carboxylic acids is 1. The van der Waals surface area contributed by atoms with Crippen molar-refractivity contribution in [1.82, 2.24) is 14.8 Å². The van der Waals surface area contributed by atoms with Gasteiger partial charge in [-0.25, -0.2) is 4.39 Å². The Hall–Kier alpha value is -2.31. The van der Waals surface area contributed by atoms with E-state index in [2.05, 4.69) is 9.88 Å². The number of rotatable bonds is 3. The van der Waals surface area contributed by atoms with Crippen LogP contribution in [0, 0.1) is 17.7 Å². The van der Waals surface area contributed by atoms with Crippen LogP contribution >= 0.6 is 0 Å². The van der Waals surface area contributed by atoms with Gasteiger partial charge in [0.15, 0.2) is 0 Å². The minimum absolute atomic E-state index is 0.0631. The molecule has 3 atom stereocenters. The summed E-state index contributed by atoms with van der Waals surface area (Å²) in [5, 5.41) is 0. The van der Waals surface area contributed by atoms with Crippen molar-refractivity contribution in [3.63, 3.8) is 0 Å². The fourth-order valence-electron chi connectivity index (χ4n) is 5.39. The molecule has 29 heavy (non-hydrogen) atoms. The van der Waals surface area contributed by atoms with Crippen LogP contribution in [0.15, 0.2) is 48.7 Å². The molecule has 152 valence electrons. The highest BCUT2D eigenvalue weighted by Crippen LogP contribution is 2.46. The first-order valence-electron chi connectivity index (χ1n) is 10.5. The molecular weight excluding hydrogens is 369 g/mol. The lowest BCUT2D eigenvalue weighted by Gasteiger charge is -2.34. The van der Waals surface area contributed by atoms with E-state index in [9.17, 15) is 9.18 Å². The minimum atomic E-state index is -0.254. The lowest BCUT2D eigenvalue weighted by Crippen LogP contribution is -2.41. The van der Waals surface area contributed by atoms with E-state index in [1.54, 1.807) is 24.4 Å². The molecule has 5 rings (SSSR count). The Kier molecular flexibility index (Phi) is 5.06. The molecule has 0 radical (unpaired) electrons. The number of nitrogens with zero attached hydrogens (tertiary/aromatic N) is 3. The van der Waals surface area contributed by atoms with E-state index in [1.807, 2.05) is 23.1 Å². The van der Waals surface area contributed by atoms with Crippen LogP contribution < -0.4 is 0 Å². The van der Waals surface area contributed by atoms with Crippen molar-refractivity contribution in [2.75, 3.05) is 32.8 Å². The van der Waals surface area contributed by atoms with E-state index in [-0.39, 0.29) is 17.8 Å². The summed E-state index contributed by atoms with van der Waals surface area (Å²) < 4.78 is 19.6. The summed E-state index contributed by atoms with van der Waals surface area (Å²) in [5.74, 6) is 0.397. The highest BCUT2D eigenvalue weighted by molar-refractivity contribution is 5.92. The van der Waals surface area contributed by atoms with Gasteiger partial charge >= 0.3 is 0 Å². The minimum Gasteiger partial charge on any atom is -0.381 e. The maximum Gasteiger partial charge on any atom is 0.272 e. The fraction of sp³-hybridized carbons (Fsp3) is 0.478. The predicted molar refractivity (Wildman–Crippen MR) is 107 cm³/mol. The molecule has 0 spiro atoms. The lowest BCUT2D eigenvalue weighted by atomic mass is 9.89. The standard InChI is InChI=1S/C23H26FN3O2/c24-18-5-3-4-16(12-18)22-20-15-26(19-7-10-29-11-8-19)13-17(20)14-27(22)23(28)21-6-1-2-9-25-21/h1-6,9,12,17,19-20,22H,7-8,10-11,13-15H2/t17-,20-,22-/m0/s1. The summed E-state index contributed by atoms with van der Waals surface area (Å²) in [7, 11) is 0. The number of hydrogen-bond donors (Lipinski definition) is 0. The molecule has 0 saturated carbocycles. The molecule has 3 aliphatic heterocycles. The van der Waals surface area contributed by atoms with Gasteiger partial charge in [0.25, 0.3) is 5.91 Å². The largest absolute Gasteiger partial charge is 0.381 e. The summed E-state index contributed by atoms with van der Waals surface area (Å²) >= 11 is 0. The third kappa shape index (κ3) is 3.55. The smallest absolute Gasteiger partial charge is 0.272 e. The zero-order valence-electron chi connectivity index (χ0n) is 16.4. The van der Waals surface area contributed by atoms with Crippen molar-refractivity contribution >= 4 is 5.91 Å². The number of hydrogen-bond acceptors (Lipinski definition) is 4. The molecule has 5 nitrogen and oxygen atoms in total. The van der Waals surface area contributed by atoms with E-state index < -0.39 is 0 Å². The van der Waals surface area contributed by atoms with E-state index in [0.717, 1.165) is 44.7 Å². The summed E-state index contributed by atoms with van der Waals surface area (Å²) in [4.78, 5) is 22.0. The highest BCUT2D eigenvalue weighted by Gasteiger charge is 2.50. The average Bonchev–Trinajstić information content (AvgIpc) is 3.32. The van der Waals surface area contributed by atoms with E-state index >= 15 is 0 Å². The molecule has 3 fully saturated rings. The van der Waals surface area contributed by atoms with Crippen molar-refractivity contribution < 1.29 is 13.9 Å². The van der Waals surface area contributed by atoms with Crippen LogP contribution in [0.25, 0.3) is 0 Å². The van der Waals surface area contributed by atoms with E-state index in [0.29, 0.717) is 30.1 Å². The number of ether oxygens (including phenoxy) is 1. The molecule has 0 N–H and O–H groups in total. The zero-order chi connectivity index (χ0) is 19.8. The molecule has 0 aliphatic carbocycles. The van der Waals surface area contributed by atoms with Gasteiger partial charge in [-0.2, -0.15) is 0 Å². The number of fused-ring (bicyclic) bond motifs is 1. The number of aromatic nitrogens is 1. The van der Waals surface area contributed by atoms with Crippen molar-refractivity contribution in [2.24, 2.45) is 11.8 Å². The normalized spacial score (nSPS) is 27.9. The molecule has 3 aliphatic rings. The Balaban J connectivity index is 1.44. The SMILES string of the molecule is O=C(c1ccccn1)N1C[C@@H]2CN(C3CCOCC3)C[C@@H]2[C@@H]1c1cccc(F)c1. The van der Waals surface area contributed by atoms with Crippen LogP contribution in [0.3, 0.4) is 0 Å². The Labute approximate surface area is 170 Å². The second kappa shape index (κ2) is 7.84. The van der Waals surface area contributed by atoms with Crippen molar-refractivity contribution in [1.29, 1.82) is 0 Å². The van der Waals surface area contributed by atoms with Gasteiger partial charge in [-0.05, 0) is 48.6 Å². The maximum absolute atomic E-state index is 14.0. The Morgan fingerprint density at radius 1 is 1.07 bits per heavy atom. The van der Waals surface area contributed by atoms with E-state index in [1.165, 1.54) is 6.07 Å². The molecule has 0 bridgehead atoms. The number of amides is 1. The van der Waals surface area contributed by atoms with Gasteiger partial charge in [0.2, 0.25) is 0 Å². The monoisotopic (exact) mass is 395 g/mol. The summed E-state index contributed by atoms with van der Waals surface area (Å²) in [6.45, 7) is 4.29. The Bertz CT molecular complexity index is 871. The molecule has 4 heterocycles. The third-order valence-corrected chi connectivity index (χ3v) is 6.73. The van der Waals surface area contributed by atoms with Crippen LogP contribution in [0.4, 0.5) is 4.39 Å². The fourth-order valence-corrected chi connectivity index (χ4v) is 5.39. The molecule has 2 aromatic rings. The van der Waals surface area contributed by atoms with E-state index in [4.69, 9.17) is 4.74 Å². The van der Waals surface area contributed by atoms with Gasteiger partial charge in [0.05, 0.1) is 6.04 Å². The Morgan fingerprint density at radius 3 is 2.69 bits per heavy atom. The Morgan fingerprint density at radius 2 is 1.93 bits per heavy atom. The van der Waals surface area contributed by atoms with Crippen LogP contribution in [0.5, 0.6) is 0 Å². The van der Waals surface area contributed by atoms with Gasteiger partial charge in [0.1, 0.15) is 11.5 Å². The van der Waals surface area contributed by atoms with Crippen molar-refractivity contribution in [2.45, 2.75) is 24.9 Å². The molecule has 1 aromatic heterocycles. The third-order valence-electron chi connectivity index (χ3n) is 6.73. The zero-order valence-corrected chi connectivity index (χ0v) is 16.4. The first kappa shape index (κ1) is 18.7. The topological polar surface area (TPSA) is 45.7 Å². The second-order valence-electron chi connectivity index (χ2n) is 8.39. The van der Waals surface area contributed by atoms with Gasteiger partial charge in [-0.3, -0.25) is 14.7 Å². The second-order valence-corrected chi connectivity index (χ2v) is 8.39. The average molecular weight is 395 g/mol. The van der Waals surface area contributed by atoms with Gasteiger partial charge < -0.3 is 9.64 Å². The van der Waals surface area contributed by atoms with Crippen molar-refractivity contribution in [3.8, 4) is 0 Å². The number of benzene rings is 1. The van der Waals surface area contributed by atoms with Crippen LogP contribution in [0.2, 0.25) is 0 Å². The summed E-state index contributed by atoms with van der Waals surface area (Å²) in [6.07, 6.45) is 3.79. The summed E-state index contributed by atoms with van der Waals surface area (Å²) in [5.41, 5.74) is 1.34. The summed E-state index contributed by atoms with van der Waals surface area (Å²) in [6, 6.07) is 12.6. The predicted octanol–water partition coefficient (Wildman–Crippen LogP) is 3.14. The van der Waals surface area contributed by atoms with Gasteiger partial charge in [-0.15, -0.1) is 0 Å². The number of pyridine rings is 1. The first-order valence-corrected chi connectivity index (χ1v) is 10.5. The number of likely N-dealkylation sites (tertiary alicyclic amines) is 2. The van der Waals surface area contributed by atoms with Crippen molar-refractivity contribution in [3.05, 3.63) is 65.7 Å². The molecule has 3 saturated heterocycles. The van der Waals surface area contributed by atoms with Crippen LogP contribution in [0.1, 0.15) is 34.9 Å². The molecule has 6 heteroatoms. The molecular formula is C23H26FN3O2. The molecule has 1 aromatic carbocycles. The first-order chi connectivity index (χ1) is 14.2. The van der Waals surface area contributed by atoms with Crippen LogP contribution in [-0.2, 0) is 4.74 Å². The van der Waals surface area contributed by atoms with Crippen LogP contribution in [-0.4, -0.2) is 59.6 Å². The number of carbonyl (C=O) groups is 1.